The van der Waals surface area contributed by atoms with Crippen molar-refractivity contribution in [2.75, 3.05) is 6.61 Å². The second-order valence-corrected chi connectivity index (χ2v) is 2.38. The second-order valence-electron chi connectivity index (χ2n) is 2.38. The van der Waals surface area contributed by atoms with Crippen LogP contribution in [0.1, 0.15) is 33.6 Å². The Bertz CT molecular complexity index is 73.7. The summed E-state index contributed by atoms with van der Waals surface area (Å²) < 4.78 is 5.29. The highest BCUT2D eigenvalue weighted by molar-refractivity contribution is 4.64. The smallest absolute Gasteiger partial charge is 0.0831 e. The molecule has 2 unspecified atom stereocenters. The van der Waals surface area contributed by atoms with Gasteiger partial charge >= 0.3 is 0 Å². The van der Waals surface area contributed by atoms with Crippen molar-refractivity contribution in [1.82, 2.24) is 0 Å². The first kappa shape index (κ1) is 9.92. The Morgan fingerprint density at radius 1 is 1.20 bits per heavy atom. The van der Waals surface area contributed by atoms with Crippen LogP contribution >= 0.6 is 0 Å². The third-order valence-electron chi connectivity index (χ3n) is 1.63. The summed E-state index contributed by atoms with van der Waals surface area (Å²) in [5.41, 5.74) is 0. The van der Waals surface area contributed by atoms with E-state index in [4.69, 9.17) is 4.74 Å². The molecule has 2 heteroatoms. The summed E-state index contributed by atoms with van der Waals surface area (Å²) in [6.45, 7) is 6.63. The van der Waals surface area contributed by atoms with Gasteiger partial charge in [-0.05, 0) is 19.8 Å². The van der Waals surface area contributed by atoms with Gasteiger partial charge in [-0.25, -0.2) is 0 Å². The molecular weight excluding hydrogens is 128 g/mol. The van der Waals surface area contributed by atoms with Crippen molar-refractivity contribution >= 4 is 0 Å². The van der Waals surface area contributed by atoms with Crippen LogP contribution in [0, 0.1) is 0 Å². The molecule has 0 aliphatic carbocycles. The highest BCUT2D eigenvalue weighted by Crippen LogP contribution is 2.06. The van der Waals surface area contributed by atoms with Gasteiger partial charge in [0.15, 0.2) is 0 Å². The van der Waals surface area contributed by atoms with Gasteiger partial charge in [0.2, 0.25) is 0 Å². The van der Waals surface area contributed by atoms with E-state index in [9.17, 15) is 5.11 Å². The lowest BCUT2D eigenvalue weighted by Crippen LogP contribution is -2.27. The monoisotopic (exact) mass is 146 g/mol. The molecule has 0 aromatic carbocycles. The minimum Gasteiger partial charge on any atom is -0.390 e. The first-order chi connectivity index (χ1) is 4.76. The highest BCUT2D eigenvalue weighted by atomic mass is 16.5. The Morgan fingerprint density at radius 2 is 1.80 bits per heavy atom. The van der Waals surface area contributed by atoms with E-state index in [0.29, 0.717) is 6.61 Å². The molecule has 0 bridgehead atoms. The van der Waals surface area contributed by atoms with E-state index in [-0.39, 0.29) is 12.2 Å². The normalized spacial score (nSPS) is 16.8. The van der Waals surface area contributed by atoms with Crippen LogP contribution in [0.5, 0.6) is 0 Å². The topological polar surface area (TPSA) is 29.5 Å². The fraction of sp³-hybridized carbons (Fsp3) is 1.00. The average molecular weight is 146 g/mol. The SMILES string of the molecule is CCOC(CC)C(O)CC. The van der Waals surface area contributed by atoms with Crippen LogP contribution in [0.3, 0.4) is 0 Å². The summed E-state index contributed by atoms with van der Waals surface area (Å²) >= 11 is 0. The van der Waals surface area contributed by atoms with Gasteiger partial charge in [0.05, 0.1) is 12.2 Å². The molecular formula is C8H18O2. The van der Waals surface area contributed by atoms with Crippen LogP contribution in [-0.2, 0) is 4.74 Å². The third-order valence-corrected chi connectivity index (χ3v) is 1.63. The fourth-order valence-electron chi connectivity index (χ4n) is 0.978. The lowest BCUT2D eigenvalue weighted by molar-refractivity contribution is -0.0351. The predicted molar refractivity (Wildman–Crippen MR) is 42.0 cm³/mol. The molecule has 2 nitrogen and oxygen atoms in total. The Kier molecular flexibility index (Phi) is 5.64. The maximum atomic E-state index is 9.32. The summed E-state index contributed by atoms with van der Waals surface area (Å²) in [6.07, 6.45) is 1.42. The quantitative estimate of drug-likeness (QED) is 0.638. The first-order valence-electron chi connectivity index (χ1n) is 4.05. The molecule has 0 heterocycles. The first-order valence-corrected chi connectivity index (χ1v) is 4.05. The molecule has 1 N–H and O–H groups in total. The zero-order valence-electron chi connectivity index (χ0n) is 7.13. The van der Waals surface area contributed by atoms with Gasteiger partial charge < -0.3 is 9.84 Å². The van der Waals surface area contributed by atoms with Crippen LogP contribution in [0.2, 0.25) is 0 Å². The molecule has 0 radical (unpaired) electrons. The van der Waals surface area contributed by atoms with E-state index in [1.807, 2.05) is 20.8 Å². The molecule has 0 rings (SSSR count). The summed E-state index contributed by atoms with van der Waals surface area (Å²) in [5.74, 6) is 0. The van der Waals surface area contributed by atoms with Crippen LogP contribution in [0.15, 0.2) is 0 Å². The van der Waals surface area contributed by atoms with Crippen LogP contribution in [0.4, 0.5) is 0 Å². The lowest BCUT2D eigenvalue weighted by Gasteiger charge is -2.19. The van der Waals surface area contributed by atoms with Crippen molar-refractivity contribution in [1.29, 1.82) is 0 Å². The second kappa shape index (κ2) is 5.69. The van der Waals surface area contributed by atoms with Crippen LogP contribution < -0.4 is 0 Å². The molecule has 0 spiro atoms. The number of aliphatic hydroxyl groups is 1. The molecule has 0 fully saturated rings. The van der Waals surface area contributed by atoms with Crippen molar-refractivity contribution < 1.29 is 9.84 Å². The van der Waals surface area contributed by atoms with Gasteiger partial charge in [-0.15, -0.1) is 0 Å². The molecule has 0 aromatic rings. The van der Waals surface area contributed by atoms with Gasteiger partial charge in [0.1, 0.15) is 0 Å². The summed E-state index contributed by atoms with van der Waals surface area (Å²) in [6, 6.07) is 0. The van der Waals surface area contributed by atoms with Gasteiger partial charge in [-0.1, -0.05) is 13.8 Å². The molecule has 0 saturated heterocycles. The molecule has 0 aliphatic heterocycles. The number of aliphatic hydroxyl groups excluding tert-OH is 1. The largest absolute Gasteiger partial charge is 0.390 e. The van der Waals surface area contributed by atoms with Gasteiger partial charge in [-0.3, -0.25) is 0 Å². The van der Waals surface area contributed by atoms with Gasteiger partial charge in [0, 0.05) is 6.61 Å². The van der Waals surface area contributed by atoms with Crippen molar-refractivity contribution in [2.45, 2.75) is 45.8 Å². The molecule has 10 heavy (non-hydrogen) atoms. The Hall–Kier alpha value is -0.0800. The molecule has 0 aromatic heterocycles. The zero-order chi connectivity index (χ0) is 7.98. The Labute approximate surface area is 63.2 Å². The Morgan fingerprint density at radius 3 is 2.10 bits per heavy atom. The number of hydrogen-bond donors (Lipinski definition) is 1. The predicted octanol–water partition coefficient (Wildman–Crippen LogP) is 1.57. The van der Waals surface area contributed by atoms with Crippen molar-refractivity contribution in [3.63, 3.8) is 0 Å². The summed E-state index contributed by atoms with van der Waals surface area (Å²) in [5, 5.41) is 9.32. The number of hydrogen-bond acceptors (Lipinski definition) is 2. The zero-order valence-corrected chi connectivity index (χ0v) is 7.13. The van der Waals surface area contributed by atoms with E-state index in [0.717, 1.165) is 12.8 Å². The Balaban J connectivity index is 3.56. The maximum absolute atomic E-state index is 9.32. The van der Waals surface area contributed by atoms with E-state index in [2.05, 4.69) is 0 Å². The number of rotatable bonds is 5. The van der Waals surface area contributed by atoms with Crippen LogP contribution in [-0.4, -0.2) is 23.9 Å². The van der Waals surface area contributed by atoms with Crippen molar-refractivity contribution in [2.24, 2.45) is 0 Å². The maximum Gasteiger partial charge on any atom is 0.0831 e. The van der Waals surface area contributed by atoms with Crippen LogP contribution in [0.25, 0.3) is 0 Å². The molecule has 0 saturated carbocycles. The minimum atomic E-state index is -0.287. The molecule has 0 amide bonds. The van der Waals surface area contributed by atoms with Gasteiger partial charge in [-0.2, -0.15) is 0 Å². The van der Waals surface area contributed by atoms with E-state index in [1.54, 1.807) is 0 Å². The molecule has 0 aliphatic rings. The standard InChI is InChI=1S/C8H18O2/c1-4-7(9)8(5-2)10-6-3/h7-9H,4-6H2,1-3H3. The average Bonchev–Trinajstić information content (AvgIpc) is 1.99. The van der Waals surface area contributed by atoms with Crippen molar-refractivity contribution in [3.8, 4) is 0 Å². The summed E-state index contributed by atoms with van der Waals surface area (Å²) in [4.78, 5) is 0. The van der Waals surface area contributed by atoms with E-state index < -0.39 is 0 Å². The van der Waals surface area contributed by atoms with E-state index in [1.165, 1.54) is 0 Å². The summed E-state index contributed by atoms with van der Waals surface area (Å²) in [7, 11) is 0. The third kappa shape index (κ3) is 3.18. The molecule has 2 atom stereocenters. The lowest BCUT2D eigenvalue weighted by atomic mass is 10.1. The highest BCUT2D eigenvalue weighted by Gasteiger charge is 2.14. The van der Waals surface area contributed by atoms with Crippen molar-refractivity contribution in [3.05, 3.63) is 0 Å². The fourth-order valence-corrected chi connectivity index (χ4v) is 0.978. The van der Waals surface area contributed by atoms with Gasteiger partial charge in [0.25, 0.3) is 0 Å². The van der Waals surface area contributed by atoms with E-state index >= 15 is 0 Å². The molecule has 62 valence electrons. The number of ether oxygens (including phenoxy) is 1. The minimum absolute atomic E-state index is 0.0370.